The highest BCUT2D eigenvalue weighted by atomic mass is 16.5. The summed E-state index contributed by atoms with van der Waals surface area (Å²) < 4.78 is 5.04. The van der Waals surface area contributed by atoms with E-state index in [1.807, 2.05) is 13.8 Å². The van der Waals surface area contributed by atoms with Gasteiger partial charge in [-0.1, -0.05) is 13.8 Å². The van der Waals surface area contributed by atoms with Gasteiger partial charge in [0.25, 0.3) is 0 Å². The highest BCUT2D eigenvalue weighted by Crippen LogP contribution is 2.13. The molecule has 4 heteroatoms. The van der Waals surface area contributed by atoms with Gasteiger partial charge in [0.2, 0.25) is 0 Å². The molecule has 1 aliphatic rings. The number of aldehydes is 1. The predicted octanol–water partition coefficient (Wildman–Crippen LogP) is 0.227. The number of carbonyl (C=O) groups excluding carboxylic acids is 1. The fourth-order valence-electron chi connectivity index (χ4n) is 1.44. The number of hydrogen-bond donors (Lipinski definition) is 1. The van der Waals surface area contributed by atoms with E-state index < -0.39 is 0 Å². The molecule has 1 N–H and O–H groups in total. The second kappa shape index (κ2) is 4.37. The van der Waals surface area contributed by atoms with Gasteiger partial charge in [0, 0.05) is 0 Å². The zero-order valence-corrected chi connectivity index (χ0v) is 8.28. The van der Waals surface area contributed by atoms with Crippen LogP contribution in [-0.2, 0) is 9.53 Å². The van der Waals surface area contributed by atoms with Crippen molar-refractivity contribution in [2.24, 2.45) is 10.9 Å². The maximum atomic E-state index is 10.7. The quantitative estimate of drug-likeness (QED) is 0.625. The van der Waals surface area contributed by atoms with Crippen LogP contribution < -0.4 is 5.32 Å². The van der Waals surface area contributed by atoms with E-state index in [1.54, 1.807) is 7.11 Å². The molecule has 0 radical (unpaired) electrons. The summed E-state index contributed by atoms with van der Waals surface area (Å²) >= 11 is 0. The van der Waals surface area contributed by atoms with E-state index in [-0.39, 0.29) is 12.1 Å². The Balaban J connectivity index is 2.76. The number of nitrogens with one attached hydrogen (secondary N) is 1. The molecule has 1 aliphatic heterocycles. The first-order chi connectivity index (χ1) is 6.19. The van der Waals surface area contributed by atoms with Crippen LogP contribution in [0.25, 0.3) is 0 Å². The minimum atomic E-state index is -0.168. The van der Waals surface area contributed by atoms with Crippen molar-refractivity contribution in [1.29, 1.82) is 0 Å². The number of methoxy groups -OCH3 is 1. The van der Waals surface area contributed by atoms with Crippen molar-refractivity contribution in [1.82, 2.24) is 5.32 Å². The molecule has 74 valence electrons. The van der Waals surface area contributed by atoms with Crippen molar-refractivity contribution in [2.45, 2.75) is 25.9 Å². The van der Waals surface area contributed by atoms with Gasteiger partial charge in [0.15, 0.2) is 5.90 Å². The number of hydrogen-bond acceptors (Lipinski definition) is 4. The highest BCUT2D eigenvalue weighted by Gasteiger charge is 2.27. The Labute approximate surface area is 78.4 Å². The molecule has 2 atom stereocenters. The summed E-state index contributed by atoms with van der Waals surface area (Å²) in [5, 5.41) is 3.08. The predicted molar refractivity (Wildman–Crippen MR) is 50.9 cm³/mol. The van der Waals surface area contributed by atoms with E-state index in [0.29, 0.717) is 18.4 Å². The van der Waals surface area contributed by atoms with Gasteiger partial charge < -0.3 is 9.53 Å². The fourth-order valence-corrected chi connectivity index (χ4v) is 1.44. The van der Waals surface area contributed by atoms with Crippen LogP contribution in [0.3, 0.4) is 0 Å². The zero-order chi connectivity index (χ0) is 9.84. The van der Waals surface area contributed by atoms with Crippen molar-refractivity contribution in [3.63, 3.8) is 0 Å². The van der Waals surface area contributed by atoms with Crippen LogP contribution in [0.15, 0.2) is 4.99 Å². The van der Waals surface area contributed by atoms with Crippen molar-refractivity contribution >= 4 is 12.2 Å². The van der Waals surface area contributed by atoms with Gasteiger partial charge in [-0.2, -0.15) is 0 Å². The SMILES string of the molecule is COC1=N[C@H](C(C)C)C(C=O)NC1. The number of aliphatic imine (C=N–C) groups is 1. The number of nitrogens with zero attached hydrogens (tertiary/aromatic N) is 1. The lowest BCUT2D eigenvalue weighted by atomic mass is 9.97. The normalized spacial score (nSPS) is 28.5. The van der Waals surface area contributed by atoms with Crippen LogP contribution in [0.4, 0.5) is 0 Å². The van der Waals surface area contributed by atoms with Crippen molar-refractivity contribution in [3.05, 3.63) is 0 Å². The Morgan fingerprint density at radius 3 is 2.85 bits per heavy atom. The second-order valence-electron chi connectivity index (χ2n) is 3.50. The molecular weight excluding hydrogens is 168 g/mol. The van der Waals surface area contributed by atoms with E-state index in [4.69, 9.17) is 4.74 Å². The first-order valence-electron chi connectivity index (χ1n) is 4.48. The van der Waals surface area contributed by atoms with E-state index in [0.717, 1.165) is 6.29 Å². The fraction of sp³-hybridized carbons (Fsp3) is 0.778. The molecule has 0 spiro atoms. The van der Waals surface area contributed by atoms with Gasteiger partial charge in [-0.25, -0.2) is 4.99 Å². The highest BCUT2D eigenvalue weighted by molar-refractivity contribution is 5.80. The molecule has 0 aliphatic carbocycles. The third kappa shape index (κ3) is 2.28. The van der Waals surface area contributed by atoms with Crippen molar-refractivity contribution in [3.8, 4) is 0 Å². The van der Waals surface area contributed by atoms with Gasteiger partial charge in [-0.3, -0.25) is 5.32 Å². The van der Waals surface area contributed by atoms with Crippen LogP contribution >= 0.6 is 0 Å². The maximum absolute atomic E-state index is 10.7. The average Bonchev–Trinajstić information content (AvgIpc) is 2.16. The molecule has 0 saturated heterocycles. The van der Waals surface area contributed by atoms with Crippen molar-refractivity contribution < 1.29 is 9.53 Å². The first kappa shape index (κ1) is 10.2. The van der Waals surface area contributed by atoms with Crippen molar-refractivity contribution in [2.75, 3.05) is 13.7 Å². The Morgan fingerprint density at radius 1 is 1.69 bits per heavy atom. The molecule has 0 amide bonds. The molecule has 4 nitrogen and oxygen atoms in total. The molecule has 13 heavy (non-hydrogen) atoms. The Bertz CT molecular complexity index is 214. The summed E-state index contributed by atoms with van der Waals surface area (Å²) in [6.45, 7) is 4.64. The molecule has 1 unspecified atom stereocenters. The van der Waals surface area contributed by atoms with Gasteiger partial charge in [0.05, 0.1) is 25.7 Å². The molecule has 0 fully saturated rings. The molecule has 1 rings (SSSR count). The lowest BCUT2D eigenvalue weighted by molar-refractivity contribution is -0.110. The maximum Gasteiger partial charge on any atom is 0.197 e. The van der Waals surface area contributed by atoms with Gasteiger partial charge in [0.1, 0.15) is 6.29 Å². The second-order valence-corrected chi connectivity index (χ2v) is 3.50. The lowest BCUT2D eigenvalue weighted by Gasteiger charge is -2.28. The number of ether oxygens (including phenoxy) is 1. The van der Waals surface area contributed by atoms with Crippen LogP contribution in [0.1, 0.15) is 13.8 Å². The lowest BCUT2D eigenvalue weighted by Crippen LogP contribution is -2.49. The molecular formula is C9H16N2O2. The van der Waals surface area contributed by atoms with Crippen LogP contribution in [-0.4, -0.2) is 37.9 Å². The zero-order valence-electron chi connectivity index (χ0n) is 8.28. The minimum Gasteiger partial charge on any atom is -0.483 e. The minimum absolute atomic E-state index is 0.00111. The van der Waals surface area contributed by atoms with Crippen LogP contribution in [0.2, 0.25) is 0 Å². The summed E-state index contributed by atoms with van der Waals surface area (Å²) in [7, 11) is 1.60. The molecule has 0 saturated carbocycles. The van der Waals surface area contributed by atoms with E-state index in [9.17, 15) is 4.79 Å². The average molecular weight is 184 g/mol. The Hall–Kier alpha value is -0.900. The summed E-state index contributed by atoms with van der Waals surface area (Å²) in [5.74, 6) is 1.02. The summed E-state index contributed by atoms with van der Waals surface area (Å²) in [6.07, 6.45) is 0.917. The molecule has 0 bridgehead atoms. The molecule has 0 aromatic heterocycles. The Kier molecular flexibility index (Phi) is 3.42. The van der Waals surface area contributed by atoms with E-state index in [1.165, 1.54) is 0 Å². The Morgan fingerprint density at radius 2 is 2.38 bits per heavy atom. The van der Waals surface area contributed by atoms with Gasteiger partial charge >= 0.3 is 0 Å². The van der Waals surface area contributed by atoms with Crippen LogP contribution in [0, 0.1) is 5.92 Å². The van der Waals surface area contributed by atoms with E-state index >= 15 is 0 Å². The smallest absolute Gasteiger partial charge is 0.197 e. The number of carbonyl (C=O) groups is 1. The van der Waals surface area contributed by atoms with E-state index in [2.05, 4.69) is 10.3 Å². The van der Waals surface area contributed by atoms with Crippen LogP contribution in [0.5, 0.6) is 0 Å². The third-order valence-electron chi connectivity index (χ3n) is 2.22. The van der Waals surface area contributed by atoms with Gasteiger partial charge in [-0.05, 0) is 5.92 Å². The summed E-state index contributed by atoms with van der Waals surface area (Å²) in [4.78, 5) is 15.0. The summed E-state index contributed by atoms with van der Waals surface area (Å²) in [6, 6.07) is -0.167. The number of rotatable bonds is 2. The summed E-state index contributed by atoms with van der Waals surface area (Å²) in [5.41, 5.74) is 0. The molecule has 0 aromatic carbocycles. The topological polar surface area (TPSA) is 50.7 Å². The monoisotopic (exact) mass is 184 g/mol. The molecule has 1 heterocycles. The molecule has 0 aromatic rings. The standard InChI is InChI=1S/C9H16N2O2/c1-6(2)9-7(5-12)10-4-8(11-9)13-3/h5-7,9-10H,4H2,1-3H3/t7?,9-/m1/s1. The first-order valence-corrected chi connectivity index (χ1v) is 4.48. The van der Waals surface area contributed by atoms with Gasteiger partial charge in [-0.15, -0.1) is 0 Å². The third-order valence-corrected chi connectivity index (χ3v) is 2.22. The largest absolute Gasteiger partial charge is 0.483 e.